The van der Waals surface area contributed by atoms with Crippen LogP contribution in [0.25, 0.3) is 5.65 Å². The second-order valence-electron chi connectivity index (χ2n) is 3.29. The van der Waals surface area contributed by atoms with Crippen LogP contribution in [0.1, 0.15) is 30.7 Å². The Morgan fingerprint density at radius 3 is 2.29 bits per heavy atom. The third-order valence-corrected chi connectivity index (χ3v) is 2.18. The Labute approximate surface area is 85.6 Å². The Bertz CT molecular complexity index is 388. The van der Waals surface area contributed by atoms with Gasteiger partial charge in [0, 0.05) is 12.4 Å². The molecule has 0 saturated carbocycles. The molecule has 0 aromatic carbocycles. The molecule has 2 rings (SSSR count). The first-order valence-corrected chi connectivity index (χ1v) is 5.09. The van der Waals surface area contributed by atoms with Gasteiger partial charge < -0.3 is 4.40 Å². The predicted octanol–water partition coefficient (Wildman–Crippen LogP) is 3.29. The fraction of sp³-hybridized carbons (Fsp3) is 0.417. The summed E-state index contributed by atoms with van der Waals surface area (Å²) in [6.45, 7) is 10.2. The highest BCUT2D eigenvalue weighted by atomic mass is 15.0. The zero-order chi connectivity index (χ0) is 10.7. The second-order valence-corrected chi connectivity index (χ2v) is 3.29. The van der Waals surface area contributed by atoms with E-state index >= 15 is 0 Å². The maximum Gasteiger partial charge on any atom is 0.137 e. The third-order valence-electron chi connectivity index (χ3n) is 2.18. The minimum atomic E-state index is 1.04. The van der Waals surface area contributed by atoms with E-state index in [4.69, 9.17) is 0 Å². The number of hydrogen-bond donors (Lipinski definition) is 0. The van der Waals surface area contributed by atoms with Crippen LogP contribution in [0.15, 0.2) is 18.5 Å². The van der Waals surface area contributed by atoms with Gasteiger partial charge in [0.25, 0.3) is 0 Å². The van der Waals surface area contributed by atoms with Crippen LogP contribution in [0, 0.1) is 20.8 Å². The Morgan fingerprint density at radius 1 is 1.00 bits per heavy atom. The first-order chi connectivity index (χ1) is 6.66. The second kappa shape index (κ2) is 4.27. The number of pyridine rings is 1. The van der Waals surface area contributed by atoms with Crippen molar-refractivity contribution in [2.24, 2.45) is 0 Å². The van der Waals surface area contributed by atoms with Crippen molar-refractivity contribution < 1.29 is 0 Å². The van der Waals surface area contributed by atoms with Crippen LogP contribution in [0.2, 0.25) is 0 Å². The molecule has 14 heavy (non-hydrogen) atoms. The van der Waals surface area contributed by atoms with E-state index in [-0.39, 0.29) is 0 Å². The minimum absolute atomic E-state index is 1.04. The zero-order valence-corrected chi connectivity index (χ0v) is 9.63. The topological polar surface area (TPSA) is 17.3 Å². The van der Waals surface area contributed by atoms with Crippen LogP contribution < -0.4 is 0 Å². The van der Waals surface area contributed by atoms with Gasteiger partial charge in [0.2, 0.25) is 0 Å². The third kappa shape index (κ3) is 1.95. The highest BCUT2D eigenvalue weighted by Gasteiger charge is 1.99. The lowest BCUT2D eigenvalue weighted by atomic mass is 10.2. The highest BCUT2D eigenvalue weighted by molar-refractivity contribution is 5.44. The Balaban J connectivity index is 0.000000461. The number of hydrogen-bond acceptors (Lipinski definition) is 1. The molecule has 0 saturated heterocycles. The van der Waals surface area contributed by atoms with Gasteiger partial charge in [-0.3, -0.25) is 0 Å². The summed E-state index contributed by atoms with van der Waals surface area (Å²) in [7, 11) is 0. The van der Waals surface area contributed by atoms with Crippen molar-refractivity contribution in [3.8, 4) is 0 Å². The van der Waals surface area contributed by atoms with Gasteiger partial charge in [0.1, 0.15) is 5.65 Å². The molecule has 0 radical (unpaired) electrons. The average molecular weight is 190 g/mol. The van der Waals surface area contributed by atoms with E-state index in [9.17, 15) is 0 Å². The summed E-state index contributed by atoms with van der Waals surface area (Å²) in [5.74, 6) is 0. The molecule has 0 aliphatic carbocycles. The fourth-order valence-electron chi connectivity index (χ4n) is 1.36. The lowest BCUT2D eigenvalue weighted by Gasteiger charge is -1.99. The Kier molecular flexibility index (Phi) is 3.28. The molecule has 0 aliphatic heterocycles. The molecule has 0 atom stereocenters. The minimum Gasteiger partial charge on any atom is -0.307 e. The summed E-state index contributed by atoms with van der Waals surface area (Å²) < 4.78 is 2.07. The van der Waals surface area contributed by atoms with Crippen molar-refractivity contribution in [3.63, 3.8) is 0 Å². The van der Waals surface area contributed by atoms with Gasteiger partial charge in [-0.2, -0.15) is 0 Å². The van der Waals surface area contributed by atoms with Crippen molar-refractivity contribution in [1.82, 2.24) is 9.38 Å². The summed E-state index contributed by atoms with van der Waals surface area (Å²) in [6.07, 6.45) is 4.16. The summed E-state index contributed by atoms with van der Waals surface area (Å²) in [5, 5.41) is 0. The molecule has 2 aromatic heterocycles. The van der Waals surface area contributed by atoms with Gasteiger partial charge in [0.15, 0.2) is 0 Å². The molecule has 2 nitrogen and oxygen atoms in total. The van der Waals surface area contributed by atoms with Crippen LogP contribution >= 0.6 is 0 Å². The van der Waals surface area contributed by atoms with Crippen LogP contribution in [0.5, 0.6) is 0 Å². The monoisotopic (exact) mass is 190 g/mol. The lowest BCUT2D eigenvalue weighted by molar-refractivity contribution is 1.13. The molecule has 0 fully saturated rings. The van der Waals surface area contributed by atoms with Crippen molar-refractivity contribution in [3.05, 3.63) is 35.3 Å². The molecular formula is C12H18N2. The van der Waals surface area contributed by atoms with Gasteiger partial charge in [-0.05, 0) is 38.0 Å². The van der Waals surface area contributed by atoms with Gasteiger partial charge in [-0.25, -0.2) is 4.98 Å². The summed E-state index contributed by atoms with van der Waals surface area (Å²) in [5.41, 5.74) is 4.71. The Hall–Kier alpha value is -1.31. The smallest absolute Gasteiger partial charge is 0.137 e. The van der Waals surface area contributed by atoms with E-state index in [1.807, 2.05) is 27.0 Å². The maximum absolute atomic E-state index is 4.38. The van der Waals surface area contributed by atoms with Crippen molar-refractivity contribution in [2.45, 2.75) is 34.6 Å². The lowest BCUT2D eigenvalue weighted by Crippen LogP contribution is -1.87. The predicted molar refractivity (Wildman–Crippen MR) is 60.8 cm³/mol. The number of fused-ring (bicyclic) bond motifs is 1. The van der Waals surface area contributed by atoms with Crippen molar-refractivity contribution in [1.29, 1.82) is 0 Å². The Morgan fingerprint density at radius 2 is 1.64 bits per heavy atom. The largest absolute Gasteiger partial charge is 0.307 e. The molecule has 2 heterocycles. The standard InChI is InChI=1S/C10H12N2.C2H6/c1-7-4-10-11-9(3)6-12(10)5-8(7)2;1-2/h4-6H,1-3H3;1-2H3. The van der Waals surface area contributed by atoms with E-state index in [0.29, 0.717) is 0 Å². The zero-order valence-electron chi connectivity index (χ0n) is 9.63. The van der Waals surface area contributed by atoms with E-state index < -0.39 is 0 Å². The molecule has 0 spiro atoms. The molecule has 0 N–H and O–H groups in total. The number of aromatic nitrogens is 2. The van der Waals surface area contributed by atoms with E-state index in [0.717, 1.165) is 11.3 Å². The molecule has 0 aliphatic rings. The normalized spacial score (nSPS) is 9.79. The van der Waals surface area contributed by atoms with Crippen molar-refractivity contribution >= 4 is 5.65 Å². The maximum atomic E-state index is 4.38. The average Bonchev–Trinajstić information content (AvgIpc) is 2.49. The van der Waals surface area contributed by atoms with Crippen LogP contribution in [-0.2, 0) is 0 Å². The molecular weight excluding hydrogens is 172 g/mol. The van der Waals surface area contributed by atoms with Gasteiger partial charge >= 0.3 is 0 Å². The number of imidazole rings is 1. The highest BCUT2D eigenvalue weighted by Crippen LogP contribution is 2.11. The first kappa shape index (κ1) is 10.8. The number of nitrogens with zero attached hydrogens (tertiary/aromatic N) is 2. The van der Waals surface area contributed by atoms with Gasteiger partial charge in [0.05, 0.1) is 5.69 Å². The van der Waals surface area contributed by atoms with Crippen molar-refractivity contribution in [2.75, 3.05) is 0 Å². The molecule has 0 bridgehead atoms. The van der Waals surface area contributed by atoms with E-state index in [1.165, 1.54) is 11.1 Å². The van der Waals surface area contributed by atoms with Gasteiger partial charge in [-0.1, -0.05) is 13.8 Å². The number of aryl methyl sites for hydroxylation is 3. The number of rotatable bonds is 0. The summed E-state index contributed by atoms with van der Waals surface area (Å²) in [6, 6.07) is 2.11. The molecule has 76 valence electrons. The summed E-state index contributed by atoms with van der Waals surface area (Å²) >= 11 is 0. The van der Waals surface area contributed by atoms with E-state index in [1.54, 1.807) is 0 Å². The quantitative estimate of drug-likeness (QED) is 0.623. The SMILES string of the molecule is CC.Cc1cn2cc(C)c(C)cc2n1. The van der Waals surface area contributed by atoms with Crippen LogP contribution in [0.3, 0.4) is 0 Å². The summed E-state index contributed by atoms with van der Waals surface area (Å²) in [4.78, 5) is 4.38. The first-order valence-electron chi connectivity index (χ1n) is 5.09. The fourth-order valence-corrected chi connectivity index (χ4v) is 1.36. The van der Waals surface area contributed by atoms with Crippen LogP contribution in [0.4, 0.5) is 0 Å². The van der Waals surface area contributed by atoms with Gasteiger partial charge in [-0.15, -0.1) is 0 Å². The molecule has 0 unspecified atom stereocenters. The van der Waals surface area contributed by atoms with E-state index in [2.05, 4.69) is 35.5 Å². The van der Waals surface area contributed by atoms with Crippen LogP contribution in [-0.4, -0.2) is 9.38 Å². The molecule has 2 aromatic rings. The molecule has 2 heteroatoms. The molecule has 0 amide bonds.